The number of nitrogens with one attached hydrogen (secondary N) is 2. The second-order valence-electron chi connectivity index (χ2n) is 12.9. The van der Waals surface area contributed by atoms with E-state index in [2.05, 4.69) is 55.7 Å². The predicted octanol–water partition coefficient (Wildman–Crippen LogP) is 8.03. The van der Waals surface area contributed by atoms with Gasteiger partial charge in [-0.2, -0.15) is 26.2 Å². The van der Waals surface area contributed by atoms with Gasteiger partial charge in [-0.15, -0.1) is 13.2 Å². The molecule has 0 saturated heterocycles. The average Bonchev–Trinajstić information content (AvgIpc) is 3.29. The van der Waals surface area contributed by atoms with Gasteiger partial charge in [0.1, 0.15) is 11.6 Å². The number of aliphatic hydroxyl groups is 1. The third kappa shape index (κ3) is 15.8. The maximum absolute atomic E-state index is 13.2. The van der Waals surface area contributed by atoms with Crippen LogP contribution in [0, 0.1) is 5.95 Å². The number of allylic oxidation sites excluding steroid dienone is 2. The number of hydrogen-bond donors (Lipinski definition) is 3. The van der Waals surface area contributed by atoms with Gasteiger partial charge < -0.3 is 11.3 Å². The molecule has 0 saturated carbocycles. The number of ether oxygens (including phenoxy) is 1. The molecule has 0 atom stereocenters. The van der Waals surface area contributed by atoms with Gasteiger partial charge in [-0.05, 0) is 79.3 Å². The third-order valence-electron chi connectivity index (χ3n) is 8.35. The van der Waals surface area contributed by atoms with Crippen molar-refractivity contribution >= 4 is 67.0 Å². The number of aliphatic hydroxyl groups excluding tert-OH is 1. The Morgan fingerprint density at radius 3 is 1.55 bits per heavy atom. The van der Waals surface area contributed by atoms with Crippen molar-refractivity contribution in [2.45, 2.75) is 35.7 Å². The number of halogens is 3. The molecule has 0 unspecified atom stereocenters. The van der Waals surface area contributed by atoms with Gasteiger partial charge in [0.2, 0.25) is 11.8 Å². The first kappa shape index (κ1) is 53.1. The van der Waals surface area contributed by atoms with Crippen molar-refractivity contribution in [1.29, 1.82) is 0 Å². The molecule has 0 bridgehead atoms. The summed E-state index contributed by atoms with van der Waals surface area (Å²) >= 11 is 12.6. The van der Waals surface area contributed by atoms with Crippen LogP contribution in [-0.4, -0.2) is 55.1 Å². The van der Waals surface area contributed by atoms with Crippen LogP contribution in [0.25, 0.3) is 34.7 Å². The minimum atomic E-state index is -4.09. The van der Waals surface area contributed by atoms with E-state index in [4.69, 9.17) is 33.0 Å². The molecule has 0 amide bonds. The summed E-state index contributed by atoms with van der Waals surface area (Å²) in [6.45, 7) is 15.4. The SMILES string of the molecule is C=CCCCO.C=CCCCOc1cccc(S(=O)(=O)Nc2ccc(Cl)c(-c3ccccc3C=C)n2)n1.C=Cc1ccccc1-c1nc(NS(=O)(=O)c2cccc(F)n2)ccc1Cl.[H-].[Na+]. The minimum absolute atomic E-state index is 0. The molecular weight excluding hydrogens is 910 g/mol. The van der Waals surface area contributed by atoms with E-state index in [9.17, 15) is 21.2 Å². The van der Waals surface area contributed by atoms with Gasteiger partial charge in [-0.25, -0.2) is 15.0 Å². The molecule has 330 valence electrons. The molecule has 12 nitrogen and oxygen atoms in total. The second-order valence-corrected chi connectivity index (χ2v) is 17.0. The Bertz CT molecular complexity index is 2770. The van der Waals surface area contributed by atoms with E-state index in [-0.39, 0.29) is 60.1 Å². The molecule has 2 aromatic carbocycles. The van der Waals surface area contributed by atoms with Crippen molar-refractivity contribution in [1.82, 2.24) is 19.9 Å². The summed E-state index contributed by atoms with van der Waals surface area (Å²) in [4.78, 5) is 16.2. The van der Waals surface area contributed by atoms with Gasteiger partial charge in [-0.1, -0.05) is 121 Å². The molecule has 0 radical (unpaired) electrons. The zero-order chi connectivity index (χ0) is 45.8. The average molecular weight is 956 g/mol. The number of benzene rings is 2. The van der Waals surface area contributed by atoms with E-state index in [0.29, 0.717) is 33.6 Å². The Balaban J connectivity index is 0.000000390. The van der Waals surface area contributed by atoms with Crippen LogP contribution in [0.15, 0.2) is 158 Å². The molecule has 4 heterocycles. The summed E-state index contributed by atoms with van der Waals surface area (Å²) < 4.78 is 73.9. The topological polar surface area (TPSA) is 173 Å². The molecule has 0 fully saturated rings. The first-order valence-corrected chi connectivity index (χ1v) is 22.9. The smallest absolute Gasteiger partial charge is 1.00 e. The quantitative estimate of drug-likeness (QED) is 0.0332. The Kier molecular flexibility index (Phi) is 22.0. The van der Waals surface area contributed by atoms with Gasteiger partial charge in [0.05, 0.1) is 28.0 Å². The Labute approximate surface area is 407 Å². The van der Waals surface area contributed by atoms with Crippen LogP contribution in [0.4, 0.5) is 16.0 Å². The fourth-order valence-electron chi connectivity index (χ4n) is 5.34. The van der Waals surface area contributed by atoms with Crippen LogP contribution >= 0.6 is 23.2 Å². The zero-order valence-electron chi connectivity index (χ0n) is 36.0. The fraction of sp³-hybridized carbons (Fsp3) is 0.130. The minimum Gasteiger partial charge on any atom is -1.00 e. The van der Waals surface area contributed by atoms with Gasteiger partial charge in [0.15, 0.2) is 10.1 Å². The number of rotatable bonds is 18. The van der Waals surface area contributed by atoms with Crippen molar-refractivity contribution in [3.05, 3.63) is 175 Å². The molecule has 64 heavy (non-hydrogen) atoms. The standard InChI is InChI=1S/C23H22ClN3O3S.C18H13ClFN3O2S.C5H10O.Na.H/c1-3-5-8-16-30-21-12-9-13-22(26-21)31(28,29)27-20-15-14-19(24)23(25-20)18-11-7-6-10-17(18)4-2;1-2-12-6-3-4-7-13(12)18-14(19)10-11-16(22-18)23-26(24,25)17-9-5-8-15(20)21-17;1-2-3-4-5-6;;/h3-4,6-7,9-15H,1-2,5,8,16H2,(H,25,27);2-11H,1H2,(H,22,23);2,6H,1,3-5H2;;/q;;;+1;-1. The number of anilines is 2. The summed E-state index contributed by atoms with van der Waals surface area (Å²) in [5.74, 6) is -0.499. The van der Waals surface area contributed by atoms with E-state index in [1.807, 2.05) is 42.5 Å². The van der Waals surface area contributed by atoms with Crippen molar-refractivity contribution in [3.63, 3.8) is 0 Å². The first-order valence-electron chi connectivity index (χ1n) is 19.1. The largest absolute Gasteiger partial charge is 1.00 e. The van der Waals surface area contributed by atoms with Gasteiger partial charge in [0.25, 0.3) is 20.0 Å². The molecule has 0 aliphatic heterocycles. The Morgan fingerprint density at radius 2 is 1.09 bits per heavy atom. The van der Waals surface area contributed by atoms with E-state index >= 15 is 0 Å². The molecule has 0 aliphatic rings. The van der Waals surface area contributed by atoms with Crippen molar-refractivity contribution in [2.24, 2.45) is 0 Å². The van der Waals surface area contributed by atoms with E-state index in [0.717, 1.165) is 48.4 Å². The van der Waals surface area contributed by atoms with Crippen LogP contribution in [-0.2, 0) is 20.0 Å². The number of pyridine rings is 4. The zero-order valence-corrected chi connectivity index (χ0v) is 40.1. The number of nitrogens with zero attached hydrogens (tertiary/aromatic N) is 4. The Morgan fingerprint density at radius 1 is 0.625 bits per heavy atom. The monoisotopic (exact) mass is 954 g/mol. The number of unbranched alkanes of at least 4 members (excludes halogenated alkanes) is 2. The summed E-state index contributed by atoms with van der Waals surface area (Å²) in [5, 5.41) is 8.29. The molecule has 6 aromatic rings. The van der Waals surface area contributed by atoms with Crippen LogP contribution in [0.1, 0.15) is 38.2 Å². The van der Waals surface area contributed by atoms with Crippen molar-refractivity contribution < 1.29 is 62.1 Å². The number of sulfonamides is 2. The first-order chi connectivity index (χ1) is 30.3. The van der Waals surface area contributed by atoms with E-state index in [1.54, 1.807) is 48.6 Å². The molecule has 4 aromatic heterocycles. The van der Waals surface area contributed by atoms with E-state index < -0.39 is 31.0 Å². The molecule has 6 rings (SSSR count). The fourth-order valence-corrected chi connectivity index (χ4v) is 7.68. The van der Waals surface area contributed by atoms with E-state index in [1.165, 1.54) is 36.4 Å². The second kappa shape index (κ2) is 26.5. The summed E-state index contributed by atoms with van der Waals surface area (Å²) in [6, 6.07) is 28.9. The Hall–Kier alpha value is -5.23. The van der Waals surface area contributed by atoms with Crippen LogP contribution < -0.4 is 43.7 Å². The summed E-state index contributed by atoms with van der Waals surface area (Å²) in [5.41, 5.74) is 3.93. The molecular formula is C46H46Cl2FN6NaO6S2. The summed E-state index contributed by atoms with van der Waals surface area (Å²) in [6.07, 6.45) is 10.3. The summed E-state index contributed by atoms with van der Waals surface area (Å²) in [7, 11) is -8.07. The molecule has 18 heteroatoms. The van der Waals surface area contributed by atoms with Crippen molar-refractivity contribution in [2.75, 3.05) is 22.7 Å². The molecule has 3 N–H and O–H groups in total. The maximum atomic E-state index is 13.2. The van der Waals surface area contributed by atoms with Gasteiger partial charge >= 0.3 is 29.6 Å². The molecule has 0 spiro atoms. The van der Waals surface area contributed by atoms with Crippen LogP contribution in [0.5, 0.6) is 5.88 Å². The van der Waals surface area contributed by atoms with Crippen molar-refractivity contribution in [3.8, 4) is 28.4 Å². The van der Waals surface area contributed by atoms with Crippen LogP contribution in [0.3, 0.4) is 0 Å². The molecule has 0 aliphatic carbocycles. The van der Waals surface area contributed by atoms with Gasteiger partial charge in [0, 0.05) is 23.8 Å². The third-order valence-corrected chi connectivity index (χ3v) is 11.5. The number of aromatic nitrogens is 4. The number of hydrogen-bond acceptors (Lipinski definition) is 10. The maximum Gasteiger partial charge on any atom is 1.00 e. The predicted molar refractivity (Wildman–Crippen MR) is 252 cm³/mol. The van der Waals surface area contributed by atoms with Gasteiger partial charge in [-0.3, -0.25) is 9.44 Å². The van der Waals surface area contributed by atoms with Crippen LogP contribution in [0.2, 0.25) is 10.0 Å². The normalized spacial score (nSPS) is 10.6.